The summed E-state index contributed by atoms with van der Waals surface area (Å²) in [5, 5.41) is 0. The minimum atomic E-state index is -0.0432. The molecule has 0 radical (unpaired) electrons. The number of hydrogen-bond donors (Lipinski definition) is 0. The summed E-state index contributed by atoms with van der Waals surface area (Å²) in [5.41, 5.74) is -0.0432. The number of nitrogens with zero attached hydrogens (tertiary/aromatic N) is 1. The van der Waals surface area contributed by atoms with Crippen molar-refractivity contribution in [1.82, 2.24) is 4.90 Å². The zero-order valence-electron chi connectivity index (χ0n) is 12.2. The SMILES string of the molecule is CCCC(C)CC(=O)C1(N2CCCC2)CCCC1. The lowest BCUT2D eigenvalue weighted by atomic mass is 9.84. The van der Waals surface area contributed by atoms with E-state index < -0.39 is 0 Å². The lowest BCUT2D eigenvalue weighted by Gasteiger charge is -2.38. The predicted octanol–water partition coefficient (Wildman–Crippen LogP) is 3.79. The Kier molecular flexibility index (Phi) is 4.83. The first-order valence-corrected chi connectivity index (χ1v) is 7.97. The molecule has 1 aliphatic carbocycles. The summed E-state index contributed by atoms with van der Waals surface area (Å²) in [6.45, 7) is 6.78. The molecule has 2 heteroatoms. The molecule has 2 aliphatic rings. The van der Waals surface area contributed by atoms with E-state index in [4.69, 9.17) is 0 Å². The van der Waals surface area contributed by atoms with Gasteiger partial charge in [-0.1, -0.05) is 39.5 Å². The normalized spacial score (nSPS) is 25.4. The van der Waals surface area contributed by atoms with E-state index in [1.54, 1.807) is 0 Å². The molecule has 1 saturated heterocycles. The molecule has 104 valence electrons. The summed E-state index contributed by atoms with van der Waals surface area (Å²) in [4.78, 5) is 15.3. The van der Waals surface area contributed by atoms with Gasteiger partial charge in [0.2, 0.25) is 0 Å². The Morgan fingerprint density at radius 2 is 1.78 bits per heavy atom. The van der Waals surface area contributed by atoms with Gasteiger partial charge in [-0.15, -0.1) is 0 Å². The van der Waals surface area contributed by atoms with Crippen molar-refractivity contribution in [3.8, 4) is 0 Å². The zero-order chi connectivity index (χ0) is 13.0. The van der Waals surface area contributed by atoms with Gasteiger partial charge in [-0.25, -0.2) is 0 Å². The summed E-state index contributed by atoms with van der Waals surface area (Å²) in [5.74, 6) is 1.13. The lowest BCUT2D eigenvalue weighted by molar-refractivity contribution is -0.131. The minimum absolute atomic E-state index is 0.0432. The molecule has 0 aromatic rings. The largest absolute Gasteiger partial charge is 0.298 e. The second-order valence-electron chi connectivity index (χ2n) is 6.45. The minimum Gasteiger partial charge on any atom is -0.298 e. The third-order valence-corrected chi connectivity index (χ3v) is 4.98. The maximum atomic E-state index is 12.8. The van der Waals surface area contributed by atoms with Crippen LogP contribution in [0.2, 0.25) is 0 Å². The fourth-order valence-corrected chi connectivity index (χ4v) is 3.98. The van der Waals surface area contributed by atoms with Crippen LogP contribution in [0, 0.1) is 5.92 Å². The monoisotopic (exact) mass is 251 g/mol. The summed E-state index contributed by atoms with van der Waals surface area (Å²) >= 11 is 0. The van der Waals surface area contributed by atoms with Crippen molar-refractivity contribution in [3.05, 3.63) is 0 Å². The van der Waals surface area contributed by atoms with Crippen LogP contribution in [0.3, 0.4) is 0 Å². The average Bonchev–Trinajstić information content (AvgIpc) is 3.01. The predicted molar refractivity (Wildman–Crippen MR) is 75.7 cm³/mol. The zero-order valence-corrected chi connectivity index (χ0v) is 12.2. The highest BCUT2D eigenvalue weighted by Gasteiger charge is 2.46. The van der Waals surface area contributed by atoms with E-state index in [9.17, 15) is 4.79 Å². The topological polar surface area (TPSA) is 20.3 Å². The van der Waals surface area contributed by atoms with E-state index in [-0.39, 0.29) is 5.54 Å². The fourth-order valence-electron chi connectivity index (χ4n) is 3.98. The summed E-state index contributed by atoms with van der Waals surface area (Å²) in [7, 11) is 0. The van der Waals surface area contributed by atoms with Crippen LogP contribution in [0.4, 0.5) is 0 Å². The van der Waals surface area contributed by atoms with Gasteiger partial charge < -0.3 is 0 Å². The highest BCUT2D eigenvalue weighted by Crippen LogP contribution is 2.39. The molecule has 0 aromatic heterocycles. The van der Waals surface area contributed by atoms with Gasteiger partial charge in [0.15, 0.2) is 5.78 Å². The smallest absolute Gasteiger partial charge is 0.153 e. The van der Waals surface area contributed by atoms with Crippen molar-refractivity contribution in [2.24, 2.45) is 5.92 Å². The van der Waals surface area contributed by atoms with Crippen molar-refractivity contribution in [2.75, 3.05) is 13.1 Å². The molecule has 1 heterocycles. The number of carbonyl (C=O) groups is 1. The Labute approximate surface area is 112 Å². The highest BCUT2D eigenvalue weighted by atomic mass is 16.1. The van der Waals surface area contributed by atoms with Gasteiger partial charge in [0.25, 0.3) is 0 Å². The van der Waals surface area contributed by atoms with Crippen LogP contribution in [0.15, 0.2) is 0 Å². The molecule has 1 unspecified atom stereocenters. The maximum Gasteiger partial charge on any atom is 0.153 e. The molecule has 1 atom stereocenters. The fraction of sp³-hybridized carbons (Fsp3) is 0.938. The third-order valence-electron chi connectivity index (χ3n) is 4.98. The molecule has 18 heavy (non-hydrogen) atoms. The molecular formula is C16H29NO. The van der Waals surface area contributed by atoms with Crippen molar-refractivity contribution in [1.29, 1.82) is 0 Å². The van der Waals surface area contributed by atoms with Crippen LogP contribution in [0.1, 0.15) is 71.6 Å². The van der Waals surface area contributed by atoms with Crippen molar-refractivity contribution >= 4 is 5.78 Å². The Morgan fingerprint density at radius 1 is 1.17 bits per heavy atom. The standard InChI is InChI=1S/C16H29NO/c1-3-8-14(2)13-15(18)16(9-4-5-10-16)17-11-6-7-12-17/h14H,3-13H2,1-2H3. The number of ketones is 1. The second kappa shape index (κ2) is 6.18. The van der Waals surface area contributed by atoms with Crippen LogP contribution in [0.5, 0.6) is 0 Å². The molecule has 2 rings (SSSR count). The van der Waals surface area contributed by atoms with Crippen LogP contribution < -0.4 is 0 Å². The molecule has 1 aliphatic heterocycles. The average molecular weight is 251 g/mol. The number of rotatable bonds is 6. The van der Waals surface area contributed by atoms with Gasteiger partial charge in [0, 0.05) is 6.42 Å². The number of hydrogen-bond acceptors (Lipinski definition) is 2. The molecule has 2 fully saturated rings. The summed E-state index contributed by atoms with van der Waals surface area (Å²) < 4.78 is 0. The van der Waals surface area contributed by atoms with Crippen molar-refractivity contribution in [3.63, 3.8) is 0 Å². The number of carbonyl (C=O) groups excluding carboxylic acids is 1. The second-order valence-corrected chi connectivity index (χ2v) is 6.45. The first kappa shape index (κ1) is 14.0. The van der Waals surface area contributed by atoms with Gasteiger partial charge >= 0.3 is 0 Å². The van der Waals surface area contributed by atoms with Gasteiger partial charge in [0.1, 0.15) is 0 Å². The van der Waals surface area contributed by atoms with E-state index in [1.807, 2.05) is 0 Å². The molecule has 0 amide bonds. The molecule has 0 N–H and O–H groups in total. The number of Topliss-reactive ketones (excluding diaryl/α,β-unsaturated/α-hetero) is 1. The van der Waals surface area contributed by atoms with Crippen molar-refractivity contribution in [2.45, 2.75) is 77.2 Å². The molecule has 0 bridgehead atoms. The van der Waals surface area contributed by atoms with Crippen molar-refractivity contribution < 1.29 is 4.79 Å². The van der Waals surface area contributed by atoms with Crippen LogP contribution in [-0.4, -0.2) is 29.3 Å². The summed E-state index contributed by atoms with van der Waals surface area (Å²) in [6.07, 6.45) is 10.6. The quantitative estimate of drug-likeness (QED) is 0.716. The van der Waals surface area contributed by atoms with E-state index in [2.05, 4.69) is 18.7 Å². The van der Waals surface area contributed by atoms with Gasteiger partial charge in [0.05, 0.1) is 5.54 Å². The Hall–Kier alpha value is -0.370. The van der Waals surface area contributed by atoms with Gasteiger partial charge in [-0.3, -0.25) is 9.69 Å². The van der Waals surface area contributed by atoms with Crippen LogP contribution in [0.25, 0.3) is 0 Å². The summed E-state index contributed by atoms with van der Waals surface area (Å²) in [6, 6.07) is 0. The van der Waals surface area contributed by atoms with E-state index in [0.29, 0.717) is 11.7 Å². The highest BCUT2D eigenvalue weighted by molar-refractivity contribution is 5.89. The van der Waals surface area contributed by atoms with E-state index in [0.717, 1.165) is 32.4 Å². The molecular weight excluding hydrogens is 222 g/mol. The Balaban J connectivity index is 2.02. The first-order valence-electron chi connectivity index (χ1n) is 7.97. The van der Waals surface area contributed by atoms with Gasteiger partial charge in [-0.2, -0.15) is 0 Å². The Bertz CT molecular complexity index is 275. The molecule has 0 aromatic carbocycles. The van der Waals surface area contributed by atoms with Gasteiger partial charge in [-0.05, 0) is 44.7 Å². The van der Waals surface area contributed by atoms with E-state index >= 15 is 0 Å². The molecule has 1 saturated carbocycles. The van der Waals surface area contributed by atoms with Crippen LogP contribution >= 0.6 is 0 Å². The first-order chi connectivity index (χ1) is 8.69. The third kappa shape index (κ3) is 2.79. The van der Waals surface area contributed by atoms with E-state index in [1.165, 1.54) is 38.5 Å². The van der Waals surface area contributed by atoms with Crippen LogP contribution in [-0.2, 0) is 4.79 Å². The molecule has 2 nitrogen and oxygen atoms in total. The lowest BCUT2D eigenvalue weighted by Crippen LogP contribution is -2.51. The maximum absolute atomic E-state index is 12.8. The number of likely N-dealkylation sites (tertiary alicyclic amines) is 1. The molecule has 0 spiro atoms. The Morgan fingerprint density at radius 3 is 2.33 bits per heavy atom.